The van der Waals surface area contributed by atoms with Gasteiger partial charge in [-0.3, -0.25) is 0 Å². The third-order valence-corrected chi connectivity index (χ3v) is 5.06. The van der Waals surface area contributed by atoms with Crippen LogP contribution in [0, 0.1) is 11.3 Å². The summed E-state index contributed by atoms with van der Waals surface area (Å²) in [5.74, 6) is 1.39. The Balaban J connectivity index is 1.57. The van der Waals surface area contributed by atoms with Crippen LogP contribution in [0.25, 0.3) is 28.4 Å². The number of thioether (sulfide) groups is 1. The average Bonchev–Trinajstić information content (AvgIpc) is 3.28. The number of nitrogens with one attached hydrogen (secondary N) is 1. The number of benzene rings is 2. The Hall–Kier alpha value is -2.75. The van der Waals surface area contributed by atoms with E-state index in [0.717, 1.165) is 26.8 Å². The van der Waals surface area contributed by atoms with E-state index in [9.17, 15) is 5.26 Å². The van der Waals surface area contributed by atoms with Crippen LogP contribution in [0.5, 0.6) is 0 Å². The Bertz CT molecular complexity index is 1100. The minimum atomic E-state index is 0.501. The summed E-state index contributed by atoms with van der Waals surface area (Å²) in [4.78, 5) is 8.19. The van der Waals surface area contributed by atoms with E-state index in [2.05, 4.69) is 32.0 Å². The number of hydrogen-bond acceptors (Lipinski definition) is 4. The third kappa shape index (κ3) is 3.59. The summed E-state index contributed by atoms with van der Waals surface area (Å²) in [6.45, 7) is 0. The Morgan fingerprint density at radius 3 is 2.69 bits per heavy atom. The van der Waals surface area contributed by atoms with Gasteiger partial charge in [-0.25, -0.2) is 4.98 Å². The lowest BCUT2D eigenvalue weighted by atomic mass is 10.2. The van der Waals surface area contributed by atoms with Crippen LogP contribution in [0.15, 0.2) is 79.6 Å². The van der Waals surface area contributed by atoms with Gasteiger partial charge in [0.1, 0.15) is 17.6 Å². The van der Waals surface area contributed by atoms with Gasteiger partial charge >= 0.3 is 0 Å². The van der Waals surface area contributed by atoms with Crippen LogP contribution in [0.4, 0.5) is 0 Å². The fraction of sp³-hybridized carbons (Fsp3) is 0. The van der Waals surface area contributed by atoms with Gasteiger partial charge in [-0.1, -0.05) is 40.2 Å². The maximum Gasteiger partial charge on any atom is 0.171 e. The molecular formula is C20H12BrN3OS. The highest BCUT2D eigenvalue weighted by Gasteiger charge is 2.08. The quantitative estimate of drug-likeness (QED) is 0.312. The zero-order valence-corrected chi connectivity index (χ0v) is 15.8. The molecular weight excluding hydrogens is 410 g/mol. The van der Waals surface area contributed by atoms with Crippen LogP contribution < -0.4 is 0 Å². The van der Waals surface area contributed by atoms with Crippen LogP contribution in [-0.4, -0.2) is 9.97 Å². The number of fused-ring (bicyclic) bond motifs is 1. The van der Waals surface area contributed by atoms with E-state index < -0.39 is 0 Å². The molecule has 1 N–H and O–H groups in total. The van der Waals surface area contributed by atoms with Gasteiger partial charge in [0, 0.05) is 16.1 Å². The van der Waals surface area contributed by atoms with Crippen molar-refractivity contribution in [3.8, 4) is 17.4 Å². The van der Waals surface area contributed by atoms with Crippen molar-refractivity contribution in [1.82, 2.24) is 9.97 Å². The van der Waals surface area contributed by atoms with Crippen LogP contribution in [0.3, 0.4) is 0 Å². The number of hydrogen-bond donors (Lipinski definition) is 1. The molecule has 0 aliphatic carbocycles. The van der Waals surface area contributed by atoms with Crippen molar-refractivity contribution in [2.45, 2.75) is 5.16 Å². The van der Waals surface area contributed by atoms with Gasteiger partial charge in [0.05, 0.1) is 15.9 Å². The molecule has 0 aliphatic rings. The van der Waals surface area contributed by atoms with E-state index in [-0.39, 0.29) is 0 Å². The Kier molecular flexibility index (Phi) is 4.65. The van der Waals surface area contributed by atoms with Gasteiger partial charge in [0.25, 0.3) is 0 Å². The first-order valence-electron chi connectivity index (χ1n) is 7.81. The molecule has 0 spiro atoms. The molecule has 26 heavy (non-hydrogen) atoms. The molecule has 0 unspecified atom stereocenters. The zero-order valence-electron chi connectivity index (χ0n) is 13.4. The first-order chi connectivity index (χ1) is 12.7. The van der Waals surface area contributed by atoms with E-state index >= 15 is 0 Å². The predicted molar refractivity (Wildman–Crippen MR) is 107 cm³/mol. The van der Waals surface area contributed by atoms with Gasteiger partial charge in [-0.05, 0) is 48.2 Å². The molecule has 2 heterocycles. The fourth-order valence-corrected chi connectivity index (χ4v) is 3.49. The standard InChI is InChI=1S/C20H12BrN3OS/c21-14-7-5-13(6-8-14)19-10-9-15(25-19)11-16(12-22)26-20-23-17-3-1-2-4-18(17)24-20/h1-11H,(H,23,24)/b16-11+. The number of allylic oxidation sites excluding steroid dienone is 1. The molecule has 4 aromatic rings. The summed E-state index contributed by atoms with van der Waals surface area (Å²) < 4.78 is 6.87. The van der Waals surface area contributed by atoms with E-state index in [1.165, 1.54) is 11.8 Å². The highest BCUT2D eigenvalue weighted by molar-refractivity contribution is 9.10. The van der Waals surface area contributed by atoms with Crippen LogP contribution >= 0.6 is 27.7 Å². The lowest BCUT2D eigenvalue weighted by Crippen LogP contribution is -1.77. The number of aromatic amines is 1. The van der Waals surface area contributed by atoms with Crippen molar-refractivity contribution in [1.29, 1.82) is 5.26 Å². The van der Waals surface area contributed by atoms with E-state index in [0.29, 0.717) is 15.8 Å². The fourth-order valence-electron chi connectivity index (χ4n) is 2.50. The summed E-state index contributed by atoms with van der Waals surface area (Å²) in [7, 11) is 0. The monoisotopic (exact) mass is 421 g/mol. The van der Waals surface area contributed by atoms with Crippen LogP contribution in [0.1, 0.15) is 5.76 Å². The summed E-state index contributed by atoms with van der Waals surface area (Å²) in [5, 5.41) is 10.1. The summed E-state index contributed by atoms with van der Waals surface area (Å²) >= 11 is 4.71. The van der Waals surface area contributed by atoms with Gasteiger partial charge in [-0.15, -0.1) is 0 Å². The molecule has 0 radical (unpaired) electrons. The number of rotatable bonds is 4. The smallest absolute Gasteiger partial charge is 0.171 e. The molecule has 0 saturated carbocycles. The number of nitrogens with zero attached hydrogens (tertiary/aromatic N) is 2. The predicted octanol–water partition coefficient (Wildman–Crippen LogP) is 6.24. The summed E-state index contributed by atoms with van der Waals surface area (Å²) in [6.07, 6.45) is 1.72. The zero-order chi connectivity index (χ0) is 17.9. The van der Waals surface area contributed by atoms with Crippen LogP contribution in [-0.2, 0) is 0 Å². The van der Waals surface area contributed by atoms with Gasteiger partial charge in [0.15, 0.2) is 5.16 Å². The molecule has 126 valence electrons. The topological polar surface area (TPSA) is 65.6 Å². The summed E-state index contributed by atoms with van der Waals surface area (Å²) in [5.41, 5.74) is 2.81. The Labute approximate surface area is 162 Å². The van der Waals surface area contributed by atoms with Crippen molar-refractivity contribution in [2.75, 3.05) is 0 Å². The van der Waals surface area contributed by atoms with Gasteiger partial charge in [-0.2, -0.15) is 5.26 Å². The molecule has 4 nitrogen and oxygen atoms in total. The van der Waals surface area contributed by atoms with Crippen molar-refractivity contribution in [3.63, 3.8) is 0 Å². The highest BCUT2D eigenvalue weighted by atomic mass is 79.9. The number of nitriles is 1. The van der Waals surface area contributed by atoms with E-state index in [1.807, 2.05) is 60.7 Å². The second kappa shape index (κ2) is 7.24. The molecule has 4 rings (SSSR count). The lowest BCUT2D eigenvalue weighted by Gasteiger charge is -1.97. The number of halogens is 1. The van der Waals surface area contributed by atoms with E-state index in [4.69, 9.17) is 4.42 Å². The van der Waals surface area contributed by atoms with Gasteiger partial charge in [0.2, 0.25) is 0 Å². The number of H-pyrrole nitrogens is 1. The minimum absolute atomic E-state index is 0.501. The first-order valence-corrected chi connectivity index (χ1v) is 9.42. The Morgan fingerprint density at radius 2 is 1.92 bits per heavy atom. The maximum atomic E-state index is 9.45. The second-order valence-electron chi connectivity index (χ2n) is 5.49. The van der Waals surface area contributed by atoms with Crippen molar-refractivity contribution in [3.05, 3.63) is 75.8 Å². The number of para-hydroxylation sites is 2. The van der Waals surface area contributed by atoms with Crippen molar-refractivity contribution in [2.24, 2.45) is 0 Å². The first kappa shape index (κ1) is 16.7. The molecule has 0 aliphatic heterocycles. The molecule has 0 saturated heterocycles. The SMILES string of the molecule is N#C/C(=C\c1ccc(-c2ccc(Br)cc2)o1)Sc1nc2ccccc2[nH]1. The van der Waals surface area contributed by atoms with Crippen LogP contribution in [0.2, 0.25) is 0 Å². The third-order valence-electron chi connectivity index (χ3n) is 3.71. The molecule has 0 amide bonds. The summed E-state index contributed by atoms with van der Waals surface area (Å²) in [6, 6.07) is 21.6. The van der Waals surface area contributed by atoms with Crippen molar-refractivity contribution >= 4 is 44.8 Å². The number of furan rings is 1. The molecule has 2 aromatic carbocycles. The average molecular weight is 422 g/mol. The molecule has 2 aromatic heterocycles. The largest absolute Gasteiger partial charge is 0.457 e. The highest BCUT2D eigenvalue weighted by Crippen LogP contribution is 2.29. The normalized spacial score (nSPS) is 11.6. The number of imidazole rings is 1. The molecule has 0 fully saturated rings. The maximum absolute atomic E-state index is 9.45. The lowest BCUT2D eigenvalue weighted by molar-refractivity contribution is 0.571. The number of aromatic nitrogens is 2. The van der Waals surface area contributed by atoms with Gasteiger partial charge < -0.3 is 9.40 Å². The van der Waals surface area contributed by atoms with E-state index in [1.54, 1.807) is 6.08 Å². The van der Waals surface area contributed by atoms with Crippen molar-refractivity contribution < 1.29 is 4.42 Å². The minimum Gasteiger partial charge on any atom is -0.457 e. The Morgan fingerprint density at radius 1 is 1.12 bits per heavy atom. The molecule has 0 bridgehead atoms. The molecule has 0 atom stereocenters. The second-order valence-corrected chi connectivity index (χ2v) is 7.44. The molecule has 6 heteroatoms.